The smallest absolute Gasteiger partial charge is 0.265 e. The summed E-state index contributed by atoms with van der Waals surface area (Å²) in [5.74, 6) is 0.714. The van der Waals surface area contributed by atoms with Crippen LogP contribution < -0.4 is 0 Å². The average molecular weight is 486 g/mol. The molecule has 0 atom stereocenters. The van der Waals surface area contributed by atoms with Crippen LogP contribution in [0.25, 0.3) is 16.4 Å². The Labute approximate surface area is 210 Å². The maximum Gasteiger partial charge on any atom is 0.265 e. The summed E-state index contributed by atoms with van der Waals surface area (Å²) in [7, 11) is 0. The van der Waals surface area contributed by atoms with Gasteiger partial charge in [0.25, 0.3) is 5.91 Å². The predicted octanol–water partition coefficient (Wildman–Crippen LogP) is 5.72. The molecule has 35 heavy (non-hydrogen) atoms. The Kier molecular flexibility index (Phi) is 6.52. The molecule has 1 aliphatic rings. The number of hydrogen-bond donors (Lipinski definition) is 0. The summed E-state index contributed by atoms with van der Waals surface area (Å²) in [5, 5.41) is 9.56. The van der Waals surface area contributed by atoms with Crippen LogP contribution in [0.4, 0.5) is 0 Å². The van der Waals surface area contributed by atoms with Gasteiger partial charge in [-0.2, -0.15) is 0 Å². The molecule has 2 aromatic heterocycles. The molecule has 4 aromatic rings. The molecule has 1 amide bonds. The SMILES string of the molecule is Cc1ccc(-n2nnc(-c3nc(C)c(C(=O)N4CCC(Cc5ccccc5)CC4)s3)c2C)cc1C. The number of thiazole rings is 1. The third-order valence-corrected chi connectivity index (χ3v) is 8.24. The number of likely N-dealkylation sites (tertiary alicyclic amines) is 1. The van der Waals surface area contributed by atoms with E-state index >= 15 is 0 Å². The Balaban J connectivity index is 1.30. The number of carbonyl (C=O) groups excluding carboxylic acids is 1. The molecule has 0 bridgehead atoms. The zero-order chi connectivity index (χ0) is 24.5. The highest BCUT2D eigenvalue weighted by Crippen LogP contribution is 2.31. The molecule has 1 saturated heterocycles. The largest absolute Gasteiger partial charge is 0.338 e. The van der Waals surface area contributed by atoms with Crippen LogP contribution in [-0.4, -0.2) is 43.9 Å². The van der Waals surface area contributed by atoms with E-state index in [1.807, 2.05) is 23.4 Å². The molecule has 6 nitrogen and oxygen atoms in total. The lowest BCUT2D eigenvalue weighted by Crippen LogP contribution is -2.38. The van der Waals surface area contributed by atoms with E-state index in [2.05, 4.69) is 72.7 Å². The van der Waals surface area contributed by atoms with Gasteiger partial charge in [-0.1, -0.05) is 41.6 Å². The molecule has 1 aliphatic heterocycles. The highest BCUT2D eigenvalue weighted by atomic mass is 32.1. The Bertz CT molecular complexity index is 1350. The van der Waals surface area contributed by atoms with Gasteiger partial charge in [-0.3, -0.25) is 4.79 Å². The van der Waals surface area contributed by atoms with Gasteiger partial charge in [0.1, 0.15) is 15.6 Å². The second kappa shape index (κ2) is 9.74. The van der Waals surface area contributed by atoms with Crippen molar-refractivity contribution >= 4 is 17.2 Å². The van der Waals surface area contributed by atoms with Crippen molar-refractivity contribution in [2.75, 3.05) is 13.1 Å². The Hall–Kier alpha value is -3.32. The number of piperidine rings is 1. The van der Waals surface area contributed by atoms with E-state index in [4.69, 9.17) is 4.98 Å². The zero-order valence-electron chi connectivity index (χ0n) is 20.8. The third-order valence-electron chi connectivity index (χ3n) is 7.09. The fourth-order valence-electron chi connectivity index (χ4n) is 4.76. The van der Waals surface area contributed by atoms with Crippen LogP contribution >= 0.6 is 11.3 Å². The molecule has 5 rings (SSSR count). The fraction of sp³-hybridized carbons (Fsp3) is 0.357. The molecule has 3 heterocycles. The van der Waals surface area contributed by atoms with Gasteiger partial charge in [-0.25, -0.2) is 9.67 Å². The lowest BCUT2D eigenvalue weighted by molar-refractivity contribution is 0.0694. The first kappa shape index (κ1) is 23.4. The molecule has 0 radical (unpaired) electrons. The highest BCUT2D eigenvalue weighted by molar-refractivity contribution is 7.17. The highest BCUT2D eigenvalue weighted by Gasteiger charge is 2.27. The molecular weight excluding hydrogens is 454 g/mol. The number of carbonyl (C=O) groups is 1. The minimum atomic E-state index is 0.0867. The summed E-state index contributed by atoms with van der Waals surface area (Å²) in [6.07, 6.45) is 3.16. The van der Waals surface area contributed by atoms with Gasteiger partial charge in [-0.15, -0.1) is 16.4 Å². The molecule has 0 aliphatic carbocycles. The van der Waals surface area contributed by atoms with Gasteiger partial charge in [0, 0.05) is 13.1 Å². The van der Waals surface area contributed by atoms with E-state index in [0.717, 1.165) is 60.1 Å². The van der Waals surface area contributed by atoms with Gasteiger partial charge < -0.3 is 4.90 Å². The normalized spacial score (nSPS) is 14.5. The fourth-order valence-corrected chi connectivity index (χ4v) is 5.83. The van der Waals surface area contributed by atoms with Gasteiger partial charge in [0.05, 0.1) is 17.1 Å². The summed E-state index contributed by atoms with van der Waals surface area (Å²) in [5.41, 5.74) is 7.23. The van der Waals surface area contributed by atoms with Gasteiger partial charge in [-0.05, 0) is 81.7 Å². The van der Waals surface area contributed by atoms with E-state index in [-0.39, 0.29) is 5.91 Å². The van der Waals surface area contributed by atoms with Crippen molar-refractivity contribution < 1.29 is 4.79 Å². The molecule has 2 aromatic carbocycles. The molecule has 0 unspecified atom stereocenters. The van der Waals surface area contributed by atoms with E-state index in [9.17, 15) is 4.79 Å². The van der Waals surface area contributed by atoms with E-state index < -0.39 is 0 Å². The summed E-state index contributed by atoms with van der Waals surface area (Å²) < 4.78 is 1.84. The first-order valence-electron chi connectivity index (χ1n) is 12.2. The topological polar surface area (TPSA) is 63.9 Å². The standard InChI is InChI=1S/C28H31N5OS/c1-18-10-11-24(16-19(18)2)33-21(4)25(30-31-33)27-29-20(3)26(35-27)28(34)32-14-12-23(13-15-32)17-22-8-6-5-7-9-22/h5-11,16,23H,12-15,17H2,1-4H3. The summed E-state index contributed by atoms with van der Waals surface area (Å²) in [6, 6.07) is 16.9. The number of hydrogen-bond acceptors (Lipinski definition) is 5. The van der Waals surface area contributed by atoms with E-state index in [1.165, 1.54) is 28.0 Å². The number of aromatic nitrogens is 4. The molecule has 0 N–H and O–H groups in total. The summed E-state index contributed by atoms with van der Waals surface area (Å²) in [6.45, 7) is 9.70. The van der Waals surface area contributed by atoms with Crippen LogP contribution in [0.1, 0.15) is 50.6 Å². The average Bonchev–Trinajstić information content (AvgIpc) is 3.44. The Morgan fingerprint density at radius 3 is 2.46 bits per heavy atom. The second-order valence-corrected chi connectivity index (χ2v) is 10.6. The van der Waals surface area contributed by atoms with Crippen LogP contribution in [-0.2, 0) is 6.42 Å². The number of nitrogens with zero attached hydrogens (tertiary/aromatic N) is 5. The quantitative estimate of drug-likeness (QED) is 0.363. The van der Waals surface area contributed by atoms with Crippen molar-refractivity contribution in [2.24, 2.45) is 5.92 Å². The molecular formula is C28H31N5OS. The van der Waals surface area contributed by atoms with Crippen LogP contribution in [0.3, 0.4) is 0 Å². The summed E-state index contributed by atoms with van der Waals surface area (Å²) >= 11 is 1.43. The summed E-state index contributed by atoms with van der Waals surface area (Å²) in [4.78, 5) is 20.8. The number of aryl methyl sites for hydroxylation is 3. The molecule has 1 fully saturated rings. The zero-order valence-corrected chi connectivity index (χ0v) is 21.6. The minimum Gasteiger partial charge on any atom is -0.338 e. The third kappa shape index (κ3) is 4.78. The number of benzene rings is 2. The molecule has 0 spiro atoms. The Morgan fingerprint density at radius 1 is 1.00 bits per heavy atom. The Morgan fingerprint density at radius 2 is 1.74 bits per heavy atom. The molecule has 7 heteroatoms. The maximum atomic E-state index is 13.4. The lowest BCUT2D eigenvalue weighted by Gasteiger charge is -2.32. The van der Waals surface area contributed by atoms with Crippen molar-refractivity contribution in [1.29, 1.82) is 0 Å². The predicted molar refractivity (Wildman–Crippen MR) is 140 cm³/mol. The van der Waals surface area contributed by atoms with Crippen LogP contribution in [0.5, 0.6) is 0 Å². The minimum absolute atomic E-state index is 0.0867. The van der Waals surface area contributed by atoms with Crippen molar-refractivity contribution in [1.82, 2.24) is 24.9 Å². The van der Waals surface area contributed by atoms with E-state index in [0.29, 0.717) is 10.8 Å². The maximum absolute atomic E-state index is 13.4. The second-order valence-electron chi connectivity index (χ2n) is 9.56. The van der Waals surface area contributed by atoms with Crippen LogP contribution in [0.15, 0.2) is 48.5 Å². The van der Waals surface area contributed by atoms with Gasteiger partial charge in [0.2, 0.25) is 0 Å². The van der Waals surface area contributed by atoms with Crippen LogP contribution in [0, 0.1) is 33.6 Å². The van der Waals surface area contributed by atoms with Crippen molar-refractivity contribution in [3.05, 3.63) is 81.5 Å². The molecule has 0 saturated carbocycles. The van der Waals surface area contributed by atoms with Crippen molar-refractivity contribution in [3.8, 4) is 16.4 Å². The first-order valence-corrected chi connectivity index (χ1v) is 13.0. The van der Waals surface area contributed by atoms with Crippen molar-refractivity contribution in [3.63, 3.8) is 0 Å². The van der Waals surface area contributed by atoms with Crippen molar-refractivity contribution in [2.45, 2.75) is 47.0 Å². The van der Waals surface area contributed by atoms with Gasteiger partial charge >= 0.3 is 0 Å². The number of rotatable bonds is 5. The molecule has 180 valence electrons. The number of amides is 1. The first-order chi connectivity index (χ1) is 16.9. The van der Waals surface area contributed by atoms with Gasteiger partial charge in [0.15, 0.2) is 0 Å². The monoisotopic (exact) mass is 485 g/mol. The van der Waals surface area contributed by atoms with E-state index in [1.54, 1.807) is 0 Å². The lowest BCUT2D eigenvalue weighted by atomic mass is 9.90. The van der Waals surface area contributed by atoms with Crippen LogP contribution in [0.2, 0.25) is 0 Å².